The Hall–Kier alpha value is -4.20. The molecule has 7 nitrogen and oxygen atoms in total. The molecule has 14 heteroatoms. The monoisotopic (exact) mass is 555 g/mol. The Bertz CT molecular complexity index is 1610. The van der Waals surface area contributed by atoms with Crippen LogP contribution in [0.2, 0.25) is 0 Å². The molecule has 38 heavy (non-hydrogen) atoms. The first-order valence-corrected chi connectivity index (χ1v) is 11.9. The van der Waals surface area contributed by atoms with Crippen molar-refractivity contribution in [1.82, 2.24) is 14.8 Å². The first-order valence-electron chi connectivity index (χ1n) is 10.5. The lowest BCUT2D eigenvalue weighted by atomic mass is 9.97. The summed E-state index contributed by atoms with van der Waals surface area (Å²) in [5.74, 6) is -1.60. The summed E-state index contributed by atoms with van der Waals surface area (Å²) in [7, 11) is -5.85. The van der Waals surface area contributed by atoms with Gasteiger partial charge in [0.25, 0.3) is 0 Å². The molecule has 0 fully saturated rings. The van der Waals surface area contributed by atoms with Crippen LogP contribution in [0.3, 0.4) is 0 Å². The van der Waals surface area contributed by atoms with Crippen LogP contribution in [0.1, 0.15) is 23.0 Å². The van der Waals surface area contributed by atoms with Crippen LogP contribution in [0.15, 0.2) is 72.9 Å². The van der Waals surface area contributed by atoms with Crippen LogP contribution in [-0.4, -0.2) is 34.5 Å². The molecule has 0 saturated heterocycles. The van der Waals surface area contributed by atoms with Gasteiger partial charge in [-0.2, -0.15) is 39.9 Å². The maximum atomic E-state index is 13.7. The number of pyridine rings is 1. The van der Waals surface area contributed by atoms with E-state index in [0.717, 1.165) is 25.3 Å². The molecule has 0 amide bonds. The van der Waals surface area contributed by atoms with E-state index < -0.39 is 44.6 Å². The number of halogens is 6. The highest BCUT2D eigenvalue weighted by Gasteiger charge is 2.48. The third-order valence-corrected chi connectivity index (χ3v) is 6.20. The molecule has 0 saturated carbocycles. The maximum absolute atomic E-state index is 13.7. The highest BCUT2D eigenvalue weighted by Crippen LogP contribution is 2.36. The molecule has 2 heterocycles. The zero-order chi connectivity index (χ0) is 27.9. The van der Waals surface area contributed by atoms with Crippen LogP contribution < -0.4 is 4.18 Å². The summed E-state index contributed by atoms with van der Waals surface area (Å²) >= 11 is 0. The van der Waals surface area contributed by atoms with Crippen molar-refractivity contribution in [3.63, 3.8) is 0 Å². The number of hydrogen-bond acceptors (Lipinski definition) is 6. The molecular weight excluding hydrogens is 540 g/mol. The molecule has 2 aromatic carbocycles. The Morgan fingerprint density at radius 3 is 2.08 bits per heavy atom. The lowest BCUT2D eigenvalue weighted by molar-refractivity contribution is -0.143. The third kappa shape index (κ3) is 5.25. The van der Waals surface area contributed by atoms with E-state index in [1.165, 1.54) is 30.3 Å². The largest absolute Gasteiger partial charge is 0.534 e. The average Bonchev–Trinajstić information content (AvgIpc) is 3.30. The number of carbonyl (C=O) groups excluding carboxylic acids is 1. The van der Waals surface area contributed by atoms with Gasteiger partial charge in [-0.25, -0.2) is 9.67 Å². The Morgan fingerprint density at radius 2 is 1.50 bits per heavy atom. The summed E-state index contributed by atoms with van der Waals surface area (Å²) in [4.78, 5) is 16.0. The van der Waals surface area contributed by atoms with Gasteiger partial charge in [-0.1, -0.05) is 42.5 Å². The van der Waals surface area contributed by atoms with Gasteiger partial charge >= 0.3 is 21.8 Å². The van der Waals surface area contributed by atoms with Crippen molar-refractivity contribution in [2.45, 2.75) is 18.6 Å². The minimum Gasteiger partial charge on any atom is -0.376 e. The fourth-order valence-corrected chi connectivity index (χ4v) is 4.02. The molecule has 0 aliphatic heterocycles. The van der Waals surface area contributed by atoms with Crippen molar-refractivity contribution in [2.75, 3.05) is 0 Å². The summed E-state index contributed by atoms with van der Waals surface area (Å²) in [5, 5.41) is 3.72. The van der Waals surface area contributed by atoms with Gasteiger partial charge in [-0.3, -0.25) is 4.79 Å². The van der Waals surface area contributed by atoms with E-state index in [1.807, 2.05) is 0 Å². The van der Waals surface area contributed by atoms with Crippen LogP contribution in [0.4, 0.5) is 26.3 Å². The molecule has 0 aliphatic rings. The topological polar surface area (TPSA) is 91.2 Å². The summed E-state index contributed by atoms with van der Waals surface area (Å²) in [6.45, 7) is 0.992. The Kier molecular flexibility index (Phi) is 6.78. The van der Waals surface area contributed by atoms with Gasteiger partial charge in [0.05, 0.1) is 17.5 Å². The fourth-order valence-electron chi connectivity index (χ4n) is 3.57. The number of carbonyl (C=O) groups is 1. The second-order valence-corrected chi connectivity index (χ2v) is 9.34. The predicted molar refractivity (Wildman–Crippen MR) is 123 cm³/mol. The molecule has 0 N–H and O–H groups in total. The smallest absolute Gasteiger partial charge is 0.376 e. The molecule has 0 radical (unpaired) electrons. The summed E-state index contributed by atoms with van der Waals surface area (Å²) in [6.07, 6.45) is -4.08. The van der Waals surface area contributed by atoms with Crippen molar-refractivity contribution in [1.29, 1.82) is 0 Å². The molecule has 0 aliphatic carbocycles. The number of nitrogens with zero attached hydrogens (tertiary/aromatic N) is 3. The Labute approximate surface area is 211 Å². The van der Waals surface area contributed by atoms with E-state index in [2.05, 4.69) is 14.3 Å². The van der Waals surface area contributed by atoms with Crippen LogP contribution in [0.5, 0.6) is 5.75 Å². The van der Waals surface area contributed by atoms with Gasteiger partial charge < -0.3 is 4.18 Å². The van der Waals surface area contributed by atoms with Gasteiger partial charge in [0.2, 0.25) is 0 Å². The van der Waals surface area contributed by atoms with Crippen molar-refractivity contribution in [2.24, 2.45) is 0 Å². The third-order valence-electron chi connectivity index (χ3n) is 5.23. The number of benzene rings is 2. The van der Waals surface area contributed by atoms with E-state index in [-0.39, 0.29) is 11.5 Å². The van der Waals surface area contributed by atoms with Crippen molar-refractivity contribution in [3.05, 3.63) is 84.2 Å². The fraction of sp³-hybridized carbons (Fsp3) is 0.125. The second-order valence-electron chi connectivity index (χ2n) is 7.81. The van der Waals surface area contributed by atoms with Crippen molar-refractivity contribution in [3.8, 4) is 34.0 Å². The maximum Gasteiger partial charge on any atom is 0.534 e. The molecule has 0 unspecified atom stereocenters. The van der Waals surface area contributed by atoms with E-state index >= 15 is 0 Å². The quantitative estimate of drug-likeness (QED) is 0.125. The van der Waals surface area contributed by atoms with Gasteiger partial charge in [-0.15, -0.1) is 0 Å². The Balaban J connectivity index is 1.74. The molecular formula is C24H15F6N3O4S. The molecule has 4 rings (SSSR count). The molecule has 0 spiro atoms. The number of ketones is 1. The number of rotatable bonds is 6. The van der Waals surface area contributed by atoms with Crippen molar-refractivity contribution >= 4 is 15.9 Å². The van der Waals surface area contributed by atoms with Gasteiger partial charge in [-0.05, 0) is 42.3 Å². The van der Waals surface area contributed by atoms with Crippen LogP contribution >= 0.6 is 0 Å². The highest BCUT2D eigenvalue weighted by atomic mass is 32.2. The van der Waals surface area contributed by atoms with Crippen molar-refractivity contribution < 1.29 is 43.7 Å². The summed E-state index contributed by atoms with van der Waals surface area (Å²) in [5.41, 5.74) is -5.89. The molecule has 4 aromatic rings. The lowest BCUT2D eigenvalue weighted by Gasteiger charge is -2.14. The Morgan fingerprint density at radius 1 is 0.868 bits per heavy atom. The highest BCUT2D eigenvalue weighted by molar-refractivity contribution is 7.88. The lowest BCUT2D eigenvalue weighted by Crippen LogP contribution is -2.28. The van der Waals surface area contributed by atoms with Crippen LogP contribution in [0, 0.1) is 0 Å². The number of hydrogen-bond donors (Lipinski definition) is 0. The minimum atomic E-state index is -5.85. The van der Waals surface area contributed by atoms with E-state index in [0.29, 0.717) is 21.4 Å². The summed E-state index contributed by atoms with van der Waals surface area (Å²) in [6, 6.07) is 15.5. The summed E-state index contributed by atoms with van der Waals surface area (Å²) < 4.78 is 106. The number of alkyl halides is 6. The normalized spacial score (nSPS) is 12.4. The molecule has 198 valence electrons. The van der Waals surface area contributed by atoms with E-state index in [9.17, 15) is 39.6 Å². The number of aromatic nitrogens is 3. The molecule has 0 atom stereocenters. The predicted octanol–water partition coefficient (Wildman–Crippen LogP) is 6.05. The standard InChI is InChI=1S/C24H15F6N3O4S/c1-14(34)19-13-31-33(22(19)23(25,26)27)21-8-4-7-20(32-21)18-6-3-2-5-17(18)15-9-11-16(12-10-15)37-38(35,36)24(28,29)30/h2-13H,1H3. The van der Waals surface area contributed by atoms with E-state index in [1.54, 1.807) is 24.3 Å². The SMILES string of the molecule is CC(=O)c1cnn(-c2cccc(-c3ccccc3-c3ccc(OS(=O)(=O)C(F)(F)F)cc3)n2)c1C(F)(F)F. The average molecular weight is 555 g/mol. The second kappa shape index (κ2) is 9.59. The van der Waals surface area contributed by atoms with Gasteiger partial charge in [0.1, 0.15) is 5.75 Å². The minimum absolute atomic E-state index is 0.210. The first kappa shape index (κ1) is 26.9. The van der Waals surface area contributed by atoms with Gasteiger partial charge in [0, 0.05) is 5.56 Å². The van der Waals surface area contributed by atoms with Crippen LogP contribution in [-0.2, 0) is 16.3 Å². The van der Waals surface area contributed by atoms with E-state index in [4.69, 9.17) is 0 Å². The zero-order valence-electron chi connectivity index (χ0n) is 19.1. The zero-order valence-corrected chi connectivity index (χ0v) is 19.9. The van der Waals surface area contributed by atoms with Gasteiger partial charge in [0.15, 0.2) is 17.3 Å². The molecule has 2 aromatic heterocycles. The first-order chi connectivity index (χ1) is 17.7. The number of Topliss-reactive ketones (excluding diaryl/α,β-unsaturated/α-hetero) is 1. The molecule has 0 bridgehead atoms. The van der Waals surface area contributed by atoms with Crippen LogP contribution in [0.25, 0.3) is 28.2 Å².